The minimum Gasteiger partial charge on any atom is -0.480 e. The summed E-state index contributed by atoms with van der Waals surface area (Å²) in [5.74, 6) is -1.63. The van der Waals surface area contributed by atoms with E-state index in [1.807, 2.05) is 0 Å². The van der Waals surface area contributed by atoms with Crippen molar-refractivity contribution in [2.24, 2.45) is 0 Å². The van der Waals surface area contributed by atoms with E-state index in [1.165, 1.54) is 6.92 Å². The number of carboxylic acid groups (broad SMARTS) is 1. The number of hydrogen-bond donors (Lipinski definition) is 2. The molecule has 20 heavy (non-hydrogen) atoms. The molecule has 0 bridgehead atoms. The van der Waals surface area contributed by atoms with E-state index in [1.54, 1.807) is 25.1 Å². The third kappa shape index (κ3) is 4.23. The van der Waals surface area contributed by atoms with Crippen LogP contribution in [0.1, 0.15) is 12.5 Å². The molecule has 1 aromatic rings. The van der Waals surface area contributed by atoms with Crippen LogP contribution in [0.15, 0.2) is 23.1 Å². The SMILES string of the molecule is CC(=O)NC(CSc1cccc(C)c1[N+](=O)[O-])C(=O)O. The van der Waals surface area contributed by atoms with Crippen molar-refractivity contribution in [3.05, 3.63) is 33.9 Å². The molecule has 0 aliphatic rings. The van der Waals surface area contributed by atoms with E-state index < -0.39 is 22.8 Å². The third-order valence-corrected chi connectivity index (χ3v) is 3.60. The summed E-state index contributed by atoms with van der Waals surface area (Å²) in [7, 11) is 0. The Kier molecular flexibility index (Phi) is 5.51. The maximum absolute atomic E-state index is 11.0. The number of aliphatic carboxylic acids is 1. The van der Waals surface area contributed by atoms with Crippen LogP contribution in [0.2, 0.25) is 0 Å². The van der Waals surface area contributed by atoms with Crippen molar-refractivity contribution in [3.8, 4) is 0 Å². The lowest BCUT2D eigenvalue weighted by Gasteiger charge is -2.13. The van der Waals surface area contributed by atoms with Gasteiger partial charge < -0.3 is 10.4 Å². The normalized spacial score (nSPS) is 11.7. The van der Waals surface area contributed by atoms with Crippen molar-refractivity contribution in [1.29, 1.82) is 0 Å². The number of carbonyl (C=O) groups excluding carboxylic acids is 1. The Hall–Kier alpha value is -2.09. The number of benzene rings is 1. The minimum absolute atomic E-state index is 0.0131. The molecule has 1 unspecified atom stereocenters. The molecule has 0 heterocycles. The summed E-state index contributed by atoms with van der Waals surface area (Å²) in [5.41, 5.74) is 0.468. The van der Waals surface area contributed by atoms with E-state index in [9.17, 15) is 19.7 Å². The molecule has 0 aliphatic carbocycles. The van der Waals surface area contributed by atoms with Gasteiger partial charge in [0.2, 0.25) is 5.91 Å². The van der Waals surface area contributed by atoms with Crippen LogP contribution in [0.25, 0.3) is 0 Å². The van der Waals surface area contributed by atoms with Crippen molar-refractivity contribution < 1.29 is 19.6 Å². The number of carbonyl (C=O) groups is 2. The molecular weight excluding hydrogens is 284 g/mol. The molecular formula is C12H14N2O5S. The Morgan fingerprint density at radius 2 is 2.15 bits per heavy atom. The Morgan fingerprint density at radius 3 is 2.65 bits per heavy atom. The maximum atomic E-state index is 11.0. The fourth-order valence-electron chi connectivity index (χ4n) is 1.58. The van der Waals surface area contributed by atoms with Crippen molar-refractivity contribution >= 4 is 29.3 Å². The molecule has 7 nitrogen and oxygen atoms in total. The molecule has 0 aliphatic heterocycles. The molecule has 0 saturated heterocycles. The van der Waals surface area contributed by atoms with Gasteiger partial charge in [0.25, 0.3) is 5.69 Å². The second-order valence-electron chi connectivity index (χ2n) is 4.08. The van der Waals surface area contributed by atoms with E-state index in [4.69, 9.17) is 5.11 Å². The van der Waals surface area contributed by atoms with Gasteiger partial charge in [-0.25, -0.2) is 4.79 Å². The fraction of sp³-hybridized carbons (Fsp3) is 0.333. The predicted molar refractivity (Wildman–Crippen MR) is 73.8 cm³/mol. The van der Waals surface area contributed by atoms with Crippen molar-refractivity contribution in [3.63, 3.8) is 0 Å². The van der Waals surface area contributed by atoms with Gasteiger partial charge in [0, 0.05) is 18.2 Å². The zero-order valence-corrected chi connectivity index (χ0v) is 11.8. The van der Waals surface area contributed by atoms with E-state index in [0.29, 0.717) is 10.5 Å². The lowest BCUT2D eigenvalue weighted by atomic mass is 10.2. The largest absolute Gasteiger partial charge is 0.480 e. The molecule has 0 aromatic heterocycles. The highest BCUT2D eigenvalue weighted by Gasteiger charge is 2.22. The lowest BCUT2D eigenvalue weighted by Crippen LogP contribution is -2.41. The summed E-state index contributed by atoms with van der Waals surface area (Å²) in [6.45, 7) is 2.83. The average molecular weight is 298 g/mol. The number of nitro groups is 1. The number of nitrogens with zero attached hydrogens (tertiary/aromatic N) is 1. The molecule has 108 valence electrons. The number of hydrogen-bond acceptors (Lipinski definition) is 5. The molecule has 1 amide bonds. The molecule has 0 radical (unpaired) electrons. The number of nitrogens with one attached hydrogen (secondary N) is 1. The van der Waals surface area contributed by atoms with Gasteiger partial charge in [-0.2, -0.15) is 0 Å². The fourth-order valence-corrected chi connectivity index (χ4v) is 2.69. The van der Waals surface area contributed by atoms with Crippen LogP contribution in [-0.2, 0) is 9.59 Å². The van der Waals surface area contributed by atoms with E-state index in [0.717, 1.165) is 11.8 Å². The summed E-state index contributed by atoms with van der Waals surface area (Å²) in [6, 6.07) is 3.75. The summed E-state index contributed by atoms with van der Waals surface area (Å²) >= 11 is 1.03. The topological polar surface area (TPSA) is 110 Å². The van der Waals surface area contributed by atoms with E-state index in [2.05, 4.69) is 5.32 Å². The summed E-state index contributed by atoms with van der Waals surface area (Å²) in [6.07, 6.45) is 0. The van der Waals surface area contributed by atoms with Gasteiger partial charge in [0.1, 0.15) is 6.04 Å². The molecule has 1 rings (SSSR count). The lowest BCUT2D eigenvalue weighted by molar-refractivity contribution is -0.388. The van der Waals surface area contributed by atoms with Crippen LogP contribution in [0.4, 0.5) is 5.69 Å². The Labute approximate surface area is 119 Å². The average Bonchev–Trinajstić information content (AvgIpc) is 2.33. The quantitative estimate of drug-likeness (QED) is 0.469. The molecule has 8 heteroatoms. The van der Waals surface area contributed by atoms with Crippen LogP contribution >= 0.6 is 11.8 Å². The number of carboxylic acids is 1. The first-order valence-electron chi connectivity index (χ1n) is 5.69. The highest BCUT2D eigenvalue weighted by atomic mass is 32.2. The van der Waals surface area contributed by atoms with Gasteiger partial charge in [-0.05, 0) is 13.0 Å². The van der Waals surface area contributed by atoms with E-state index in [-0.39, 0.29) is 11.4 Å². The van der Waals surface area contributed by atoms with Gasteiger partial charge in [0.15, 0.2) is 0 Å². The zero-order chi connectivity index (χ0) is 15.3. The third-order valence-electron chi connectivity index (χ3n) is 2.46. The number of aryl methyl sites for hydroxylation is 1. The summed E-state index contributed by atoms with van der Waals surface area (Å²) in [5, 5.41) is 22.3. The molecule has 2 N–H and O–H groups in total. The predicted octanol–water partition coefficient (Wildman–Crippen LogP) is 1.58. The Morgan fingerprint density at radius 1 is 1.50 bits per heavy atom. The molecule has 0 saturated carbocycles. The maximum Gasteiger partial charge on any atom is 0.327 e. The highest BCUT2D eigenvalue weighted by molar-refractivity contribution is 7.99. The number of rotatable bonds is 6. The van der Waals surface area contributed by atoms with Crippen molar-refractivity contribution in [2.75, 3.05) is 5.75 Å². The molecule has 0 fully saturated rings. The second-order valence-corrected chi connectivity index (χ2v) is 5.14. The molecule has 1 atom stereocenters. The minimum atomic E-state index is -1.18. The summed E-state index contributed by atoms with van der Waals surface area (Å²) in [4.78, 5) is 32.8. The van der Waals surface area contributed by atoms with Crippen LogP contribution in [-0.4, -0.2) is 33.7 Å². The van der Waals surface area contributed by atoms with Crippen LogP contribution < -0.4 is 5.32 Å². The van der Waals surface area contributed by atoms with Gasteiger partial charge in [-0.1, -0.05) is 12.1 Å². The van der Waals surface area contributed by atoms with Gasteiger partial charge in [0.05, 0.1) is 9.82 Å². The molecule has 1 aromatic carbocycles. The van der Waals surface area contributed by atoms with E-state index >= 15 is 0 Å². The van der Waals surface area contributed by atoms with Crippen LogP contribution in [0.5, 0.6) is 0 Å². The smallest absolute Gasteiger partial charge is 0.327 e. The second kappa shape index (κ2) is 6.90. The van der Waals surface area contributed by atoms with Gasteiger partial charge in [-0.15, -0.1) is 11.8 Å². The monoisotopic (exact) mass is 298 g/mol. The number of amides is 1. The molecule has 0 spiro atoms. The van der Waals surface area contributed by atoms with Crippen LogP contribution in [0, 0.1) is 17.0 Å². The van der Waals surface area contributed by atoms with Gasteiger partial charge in [-0.3, -0.25) is 14.9 Å². The first-order valence-corrected chi connectivity index (χ1v) is 6.68. The first kappa shape index (κ1) is 16.0. The first-order chi connectivity index (χ1) is 9.32. The highest BCUT2D eigenvalue weighted by Crippen LogP contribution is 2.32. The summed E-state index contributed by atoms with van der Waals surface area (Å²) < 4.78 is 0. The van der Waals surface area contributed by atoms with Gasteiger partial charge >= 0.3 is 5.97 Å². The van der Waals surface area contributed by atoms with Crippen molar-refractivity contribution in [1.82, 2.24) is 5.32 Å². The zero-order valence-electron chi connectivity index (χ0n) is 11.0. The number of nitro benzene ring substituents is 1. The number of thioether (sulfide) groups is 1. The van der Waals surface area contributed by atoms with Crippen LogP contribution in [0.3, 0.4) is 0 Å². The Balaban J connectivity index is 2.88. The number of para-hydroxylation sites is 1. The standard InChI is InChI=1S/C12H14N2O5S/c1-7-4-3-5-10(11(7)14(18)19)20-6-9(12(16)17)13-8(2)15/h3-5,9H,6H2,1-2H3,(H,13,15)(H,16,17). The Bertz CT molecular complexity index is 547. The van der Waals surface area contributed by atoms with Crippen molar-refractivity contribution in [2.45, 2.75) is 24.8 Å².